The van der Waals surface area contributed by atoms with Gasteiger partial charge in [-0.1, -0.05) is 36.8 Å². The summed E-state index contributed by atoms with van der Waals surface area (Å²) in [6, 6.07) is 11.5. The number of hydrogen-bond donors (Lipinski definition) is 1. The molecule has 0 unspecified atom stereocenters. The van der Waals surface area contributed by atoms with E-state index in [2.05, 4.69) is 35.2 Å². The first-order valence-electron chi connectivity index (χ1n) is 11.7. The van der Waals surface area contributed by atoms with Crippen molar-refractivity contribution in [1.29, 1.82) is 0 Å². The molecule has 1 amide bonds. The van der Waals surface area contributed by atoms with Gasteiger partial charge in [0.15, 0.2) is 0 Å². The molecule has 9 heteroatoms. The minimum absolute atomic E-state index is 0.183. The maximum absolute atomic E-state index is 12.4. The monoisotopic (exact) mass is 470 g/mol. The van der Waals surface area contributed by atoms with Gasteiger partial charge in [0.25, 0.3) is 0 Å². The van der Waals surface area contributed by atoms with Gasteiger partial charge in [-0.05, 0) is 44.1 Å². The average molecular weight is 471 g/mol. The highest BCUT2D eigenvalue weighted by atomic mass is 19.4. The first-order valence-corrected chi connectivity index (χ1v) is 11.7. The van der Waals surface area contributed by atoms with Crippen molar-refractivity contribution in [2.45, 2.75) is 63.3 Å². The van der Waals surface area contributed by atoms with Gasteiger partial charge < -0.3 is 14.7 Å². The van der Waals surface area contributed by atoms with Gasteiger partial charge in [0.1, 0.15) is 6.61 Å². The third kappa shape index (κ3) is 7.71. The number of ether oxygens (including phenoxy) is 1. The Morgan fingerprint density at radius 3 is 2.18 bits per heavy atom. The van der Waals surface area contributed by atoms with Crippen LogP contribution in [0.1, 0.15) is 44.1 Å². The fraction of sp³-hybridized carbons (Fsp3) is 0.667. The Morgan fingerprint density at radius 2 is 1.64 bits per heavy atom. The van der Waals surface area contributed by atoms with Crippen LogP contribution in [-0.4, -0.2) is 77.9 Å². The van der Waals surface area contributed by atoms with Crippen molar-refractivity contribution in [3.8, 4) is 0 Å². The predicted octanol–water partition coefficient (Wildman–Crippen LogP) is 3.74. The predicted molar refractivity (Wildman–Crippen MR) is 117 cm³/mol. The van der Waals surface area contributed by atoms with Crippen LogP contribution in [0, 0.1) is 5.92 Å². The largest absolute Gasteiger partial charge is 0.490 e. The lowest BCUT2D eigenvalue weighted by Gasteiger charge is -2.45. The molecule has 3 fully saturated rings. The Bertz CT molecular complexity index is 765. The van der Waals surface area contributed by atoms with Crippen molar-refractivity contribution in [2.24, 2.45) is 5.92 Å². The van der Waals surface area contributed by atoms with E-state index in [1.54, 1.807) is 0 Å². The number of alkyl halides is 3. The maximum atomic E-state index is 12.4. The second-order valence-corrected chi connectivity index (χ2v) is 9.06. The summed E-state index contributed by atoms with van der Waals surface area (Å²) in [4.78, 5) is 25.9. The normalized spacial score (nSPS) is 24.0. The quantitative estimate of drug-likeness (QED) is 0.686. The molecule has 0 spiro atoms. The highest BCUT2D eigenvalue weighted by molar-refractivity contribution is 5.77. The SMILES string of the molecule is O=C(CO[C@H]1CCN(C2CCC2)C[C@@H]1Cc1ccccc1)N1CCCC1.O=C(O)C(F)(F)F. The highest BCUT2D eigenvalue weighted by Crippen LogP contribution is 2.31. The number of carboxylic acids is 1. The number of nitrogens with zero attached hydrogens (tertiary/aromatic N) is 2. The number of amides is 1. The smallest absolute Gasteiger partial charge is 0.475 e. The minimum atomic E-state index is -5.08. The van der Waals surface area contributed by atoms with Gasteiger partial charge >= 0.3 is 12.1 Å². The third-order valence-corrected chi connectivity index (χ3v) is 6.75. The van der Waals surface area contributed by atoms with Crippen LogP contribution in [0.4, 0.5) is 13.2 Å². The van der Waals surface area contributed by atoms with Gasteiger partial charge in [0, 0.05) is 38.1 Å². The van der Waals surface area contributed by atoms with Crippen LogP contribution < -0.4 is 0 Å². The summed E-state index contributed by atoms with van der Waals surface area (Å²) in [5.74, 6) is -2.09. The first kappa shape index (κ1) is 25.5. The van der Waals surface area contributed by atoms with E-state index < -0.39 is 12.1 Å². The zero-order chi connectivity index (χ0) is 23.8. The van der Waals surface area contributed by atoms with Crippen LogP contribution >= 0.6 is 0 Å². The summed E-state index contributed by atoms with van der Waals surface area (Å²) in [6.45, 7) is 4.32. The zero-order valence-corrected chi connectivity index (χ0v) is 18.8. The summed E-state index contributed by atoms with van der Waals surface area (Å²) in [5.41, 5.74) is 1.38. The second kappa shape index (κ2) is 11.8. The second-order valence-electron chi connectivity index (χ2n) is 9.06. The standard InChI is InChI=1S/C22H32N2O2.C2HF3O2/c25-22(23-12-4-5-13-23)17-26-21-11-14-24(20-9-6-10-20)16-19(21)15-18-7-2-1-3-8-18;3-2(4,5)1(6)7/h1-3,7-8,19-21H,4-6,9-17H2;(H,6,7)/t19-,21-;/m0./s1. The number of carboxylic acid groups (broad SMARTS) is 1. The van der Waals surface area contributed by atoms with Gasteiger partial charge in [-0.2, -0.15) is 13.2 Å². The summed E-state index contributed by atoms with van der Waals surface area (Å²) >= 11 is 0. The molecule has 1 N–H and O–H groups in total. The van der Waals surface area contributed by atoms with Crippen LogP contribution in [0.15, 0.2) is 30.3 Å². The molecule has 2 aliphatic heterocycles. The molecule has 3 aliphatic rings. The van der Waals surface area contributed by atoms with Gasteiger partial charge in [-0.3, -0.25) is 9.69 Å². The van der Waals surface area contributed by atoms with Crippen LogP contribution in [0.25, 0.3) is 0 Å². The molecule has 0 aromatic heterocycles. The lowest BCUT2D eigenvalue weighted by atomic mass is 9.84. The van der Waals surface area contributed by atoms with E-state index in [9.17, 15) is 18.0 Å². The van der Waals surface area contributed by atoms with Crippen LogP contribution in [0.2, 0.25) is 0 Å². The fourth-order valence-electron chi connectivity index (χ4n) is 4.69. The van der Waals surface area contributed by atoms with Gasteiger partial charge in [0.2, 0.25) is 5.91 Å². The molecule has 184 valence electrons. The van der Waals surface area contributed by atoms with Crippen molar-refractivity contribution < 1.29 is 32.6 Å². The van der Waals surface area contributed by atoms with E-state index in [0.717, 1.165) is 57.9 Å². The van der Waals surface area contributed by atoms with E-state index in [1.165, 1.54) is 24.8 Å². The Hall–Kier alpha value is -2.13. The molecule has 4 rings (SSSR count). The van der Waals surface area contributed by atoms with Crippen molar-refractivity contribution >= 4 is 11.9 Å². The number of halogens is 3. The summed E-state index contributed by atoms with van der Waals surface area (Å²) in [6.07, 6.45) is 3.61. The molecular weight excluding hydrogens is 437 g/mol. The van der Waals surface area contributed by atoms with Crippen LogP contribution in [0.5, 0.6) is 0 Å². The highest BCUT2D eigenvalue weighted by Gasteiger charge is 2.38. The molecule has 33 heavy (non-hydrogen) atoms. The molecular formula is C24H33F3N2O4. The van der Waals surface area contributed by atoms with Crippen LogP contribution in [-0.2, 0) is 20.7 Å². The molecule has 1 aliphatic carbocycles. The fourth-order valence-corrected chi connectivity index (χ4v) is 4.69. The Kier molecular flexibility index (Phi) is 9.14. The Labute approximate surface area is 192 Å². The average Bonchev–Trinajstić information content (AvgIpc) is 3.27. The molecule has 1 aromatic carbocycles. The summed E-state index contributed by atoms with van der Waals surface area (Å²) in [7, 11) is 0. The molecule has 2 saturated heterocycles. The lowest BCUT2D eigenvalue weighted by Crippen LogP contribution is -2.51. The summed E-state index contributed by atoms with van der Waals surface area (Å²) < 4.78 is 37.9. The number of benzene rings is 1. The number of aliphatic carboxylic acids is 1. The topological polar surface area (TPSA) is 70.1 Å². The zero-order valence-electron chi connectivity index (χ0n) is 18.8. The van der Waals surface area contributed by atoms with E-state index in [1.807, 2.05) is 4.90 Å². The van der Waals surface area contributed by atoms with E-state index in [-0.39, 0.29) is 18.6 Å². The van der Waals surface area contributed by atoms with Crippen molar-refractivity contribution in [3.63, 3.8) is 0 Å². The van der Waals surface area contributed by atoms with Gasteiger partial charge in [-0.15, -0.1) is 0 Å². The van der Waals surface area contributed by atoms with Gasteiger partial charge in [0.05, 0.1) is 6.10 Å². The van der Waals surface area contributed by atoms with Crippen LogP contribution in [0.3, 0.4) is 0 Å². The summed E-state index contributed by atoms with van der Waals surface area (Å²) in [5, 5.41) is 7.12. The Balaban J connectivity index is 0.000000383. The third-order valence-electron chi connectivity index (χ3n) is 6.75. The number of rotatable bonds is 6. The van der Waals surface area contributed by atoms with E-state index in [0.29, 0.717) is 5.92 Å². The number of carbonyl (C=O) groups excluding carboxylic acids is 1. The van der Waals surface area contributed by atoms with Crippen molar-refractivity contribution in [2.75, 3.05) is 32.8 Å². The van der Waals surface area contributed by atoms with Gasteiger partial charge in [-0.25, -0.2) is 4.79 Å². The molecule has 2 atom stereocenters. The van der Waals surface area contributed by atoms with Crippen molar-refractivity contribution in [1.82, 2.24) is 9.80 Å². The number of piperidine rings is 1. The van der Waals surface area contributed by atoms with E-state index in [4.69, 9.17) is 14.6 Å². The molecule has 6 nitrogen and oxygen atoms in total. The first-order chi connectivity index (χ1) is 15.7. The maximum Gasteiger partial charge on any atom is 0.490 e. The molecule has 0 radical (unpaired) electrons. The molecule has 1 saturated carbocycles. The molecule has 1 aromatic rings. The molecule has 2 heterocycles. The van der Waals surface area contributed by atoms with E-state index >= 15 is 0 Å². The molecule has 0 bridgehead atoms. The Morgan fingerprint density at radius 1 is 1.00 bits per heavy atom. The number of carbonyl (C=O) groups is 2. The number of likely N-dealkylation sites (tertiary alicyclic amines) is 2. The van der Waals surface area contributed by atoms with Crippen molar-refractivity contribution in [3.05, 3.63) is 35.9 Å². The minimum Gasteiger partial charge on any atom is -0.475 e. The number of hydrogen-bond acceptors (Lipinski definition) is 4. The lowest BCUT2D eigenvalue weighted by molar-refractivity contribution is -0.192.